The van der Waals surface area contributed by atoms with Gasteiger partial charge in [0.05, 0.1) is 6.33 Å². The molecule has 0 atom stereocenters. The number of imidazole rings is 1. The second-order valence-corrected chi connectivity index (χ2v) is 5.90. The summed E-state index contributed by atoms with van der Waals surface area (Å²) >= 11 is 0. The maximum atomic E-state index is 11.7. The van der Waals surface area contributed by atoms with E-state index >= 15 is 0 Å². The van der Waals surface area contributed by atoms with Gasteiger partial charge in [-0.25, -0.2) is 14.9 Å². The molecule has 0 radical (unpaired) electrons. The van der Waals surface area contributed by atoms with Gasteiger partial charge in [0.25, 0.3) is 0 Å². The van der Waals surface area contributed by atoms with E-state index in [1.54, 1.807) is 10.9 Å². The molecule has 1 saturated heterocycles. The molecular weight excluding hydrogens is 310 g/mol. The number of nitrogens with one attached hydrogen (secondary N) is 2. The third-order valence-electron chi connectivity index (χ3n) is 4.55. The molecule has 3 aromatic rings. The number of hydrogen-bond donors (Lipinski definition) is 3. The standard InChI is InChI=1S/C14H19N9O/c1-2-23-11(20-21-14(23)24)8-3-5-22(6-4-8)12-9-10(17-7-16-9)18-13(15)19-12/h7-8H,2-6H2,1H3,(H,21,24)(H3,15,16,17,18,19). The summed E-state index contributed by atoms with van der Waals surface area (Å²) in [6.07, 6.45) is 3.38. The molecule has 126 valence electrons. The second-order valence-electron chi connectivity index (χ2n) is 5.90. The van der Waals surface area contributed by atoms with Crippen molar-refractivity contribution >= 4 is 22.9 Å². The van der Waals surface area contributed by atoms with Gasteiger partial charge in [-0.1, -0.05) is 0 Å². The third-order valence-corrected chi connectivity index (χ3v) is 4.55. The smallest absolute Gasteiger partial charge is 0.343 e. The lowest BCUT2D eigenvalue weighted by molar-refractivity contribution is 0.464. The average Bonchev–Trinajstić information content (AvgIpc) is 3.20. The van der Waals surface area contributed by atoms with E-state index in [1.807, 2.05) is 6.92 Å². The number of nitrogens with two attached hydrogens (primary N) is 1. The van der Waals surface area contributed by atoms with Gasteiger partial charge in [-0.15, -0.1) is 0 Å². The molecule has 4 heterocycles. The van der Waals surface area contributed by atoms with Crippen LogP contribution in [0.4, 0.5) is 11.8 Å². The van der Waals surface area contributed by atoms with E-state index in [0.29, 0.717) is 12.2 Å². The molecule has 0 saturated carbocycles. The second kappa shape index (κ2) is 5.62. The zero-order valence-electron chi connectivity index (χ0n) is 13.4. The monoisotopic (exact) mass is 329 g/mol. The molecule has 0 amide bonds. The Bertz CT molecular complexity index is 916. The number of nitrogens with zero attached hydrogens (tertiary/aromatic N) is 6. The lowest BCUT2D eigenvalue weighted by Crippen LogP contribution is -2.35. The zero-order valence-corrected chi connectivity index (χ0v) is 13.4. The fourth-order valence-corrected chi connectivity index (χ4v) is 3.36. The van der Waals surface area contributed by atoms with Crippen LogP contribution in [-0.2, 0) is 6.54 Å². The largest absolute Gasteiger partial charge is 0.368 e. The highest BCUT2D eigenvalue weighted by atomic mass is 16.1. The van der Waals surface area contributed by atoms with Crippen molar-refractivity contribution in [2.45, 2.75) is 32.2 Å². The molecule has 4 rings (SSSR count). The first-order valence-electron chi connectivity index (χ1n) is 8.04. The maximum Gasteiger partial charge on any atom is 0.343 e. The Morgan fingerprint density at radius 2 is 2.12 bits per heavy atom. The summed E-state index contributed by atoms with van der Waals surface area (Å²) in [7, 11) is 0. The van der Waals surface area contributed by atoms with Gasteiger partial charge in [0.15, 0.2) is 11.5 Å². The zero-order chi connectivity index (χ0) is 16.7. The number of fused-ring (bicyclic) bond motifs is 1. The molecule has 0 bridgehead atoms. The van der Waals surface area contributed by atoms with Crippen molar-refractivity contribution < 1.29 is 0 Å². The molecule has 1 fully saturated rings. The van der Waals surface area contributed by atoms with Gasteiger partial charge in [0.1, 0.15) is 11.3 Å². The first kappa shape index (κ1) is 14.7. The van der Waals surface area contributed by atoms with E-state index < -0.39 is 0 Å². The van der Waals surface area contributed by atoms with Gasteiger partial charge in [-0.3, -0.25) is 4.57 Å². The predicted octanol–water partition coefficient (Wildman–Crippen LogP) is 0.224. The van der Waals surface area contributed by atoms with Crippen LogP contribution in [0.15, 0.2) is 11.1 Å². The highest BCUT2D eigenvalue weighted by molar-refractivity contribution is 5.84. The van der Waals surface area contributed by atoms with Crippen molar-refractivity contribution in [2.75, 3.05) is 23.7 Å². The summed E-state index contributed by atoms with van der Waals surface area (Å²) in [5.74, 6) is 2.11. The lowest BCUT2D eigenvalue weighted by atomic mass is 9.96. The topological polar surface area (TPSA) is 134 Å². The molecule has 4 N–H and O–H groups in total. The molecule has 0 aliphatic carbocycles. The number of rotatable bonds is 3. The summed E-state index contributed by atoms with van der Waals surface area (Å²) in [5.41, 5.74) is 7.03. The number of H-pyrrole nitrogens is 2. The number of aromatic amines is 2. The number of piperidine rings is 1. The quantitative estimate of drug-likeness (QED) is 0.625. The minimum atomic E-state index is -0.141. The van der Waals surface area contributed by atoms with Gasteiger partial charge in [-0.05, 0) is 19.8 Å². The van der Waals surface area contributed by atoms with Gasteiger partial charge in [-0.2, -0.15) is 15.1 Å². The highest BCUT2D eigenvalue weighted by Gasteiger charge is 2.27. The lowest BCUT2D eigenvalue weighted by Gasteiger charge is -2.32. The van der Waals surface area contributed by atoms with Gasteiger partial charge < -0.3 is 15.6 Å². The van der Waals surface area contributed by atoms with Crippen molar-refractivity contribution in [3.63, 3.8) is 0 Å². The van der Waals surface area contributed by atoms with Crippen LogP contribution in [0.3, 0.4) is 0 Å². The van der Waals surface area contributed by atoms with E-state index in [9.17, 15) is 4.79 Å². The molecule has 10 nitrogen and oxygen atoms in total. The Labute approximate surface area is 137 Å². The molecule has 0 aromatic carbocycles. The molecule has 1 aliphatic heterocycles. The number of aromatic nitrogens is 7. The third kappa shape index (κ3) is 2.30. The number of hydrogen-bond acceptors (Lipinski definition) is 7. The maximum absolute atomic E-state index is 11.7. The molecule has 10 heteroatoms. The van der Waals surface area contributed by atoms with Gasteiger partial charge >= 0.3 is 5.69 Å². The van der Waals surface area contributed by atoms with E-state index in [4.69, 9.17) is 5.73 Å². The SMILES string of the molecule is CCn1c(C2CCN(c3nc(N)nc4nc[nH]c34)CC2)n[nH]c1=O. The van der Waals surface area contributed by atoms with Gasteiger partial charge in [0.2, 0.25) is 5.95 Å². The van der Waals surface area contributed by atoms with Crippen molar-refractivity contribution in [2.24, 2.45) is 0 Å². The van der Waals surface area contributed by atoms with E-state index in [0.717, 1.165) is 43.1 Å². The summed E-state index contributed by atoms with van der Waals surface area (Å²) in [5, 5.41) is 6.76. The summed E-state index contributed by atoms with van der Waals surface area (Å²) < 4.78 is 1.70. The van der Waals surface area contributed by atoms with Crippen LogP contribution >= 0.6 is 0 Å². The van der Waals surface area contributed by atoms with Crippen molar-refractivity contribution in [3.05, 3.63) is 22.6 Å². The van der Waals surface area contributed by atoms with E-state index in [1.165, 1.54) is 0 Å². The van der Waals surface area contributed by atoms with Crippen molar-refractivity contribution in [1.29, 1.82) is 0 Å². The number of nitrogen functional groups attached to an aromatic ring is 1. The number of anilines is 2. The molecule has 3 aromatic heterocycles. The molecule has 24 heavy (non-hydrogen) atoms. The van der Waals surface area contributed by atoms with Crippen molar-refractivity contribution in [1.82, 2.24) is 34.7 Å². The fraction of sp³-hybridized carbons (Fsp3) is 0.500. The molecular formula is C14H19N9O. The molecule has 0 spiro atoms. The first-order valence-corrected chi connectivity index (χ1v) is 8.04. The van der Waals surface area contributed by atoms with Crippen LogP contribution in [0.25, 0.3) is 11.2 Å². The summed E-state index contributed by atoms with van der Waals surface area (Å²) in [4.78, 5) is 29.7. The Balaban J connectivity index is 1.57. The predicted molar refractivity (Wildman–Crippen MR) is 88.8 cm³/mol. The first-order chi connectivity index (χ1) is 11.7. The Morgan fingerprint density at radius 3 is 2.88 bits per heavy atom. The molecule has 1 aliphatic rings. The summed E-state index contributed by atoms with van der Waals surface area (Å²) in [6, 6.07) is 0. The van der Waals surface area contributed by atoms with Crippen LogP contribution in [0.2, 0.25) is 0 Å². The normalized spacial score (nSPS) is 16.1. The van der Waals surface area contributed by atoms with Crippen LogP contribution in [0.1, 0.15) is 31.5 Å². The summed E-state index contributed by atoms with van der Waals surface area (Å²) in [6.45, 7) is 4.19. The molecule has 0 unspecified atom stereocenters. The van der Waals surface area contributed by atoms with Crippen LogP contribution in [0, 0.1) is 0 Å². The van der Waals surface area contributed by atoms with Crippen molar-refractivity contribution in [3.8, 4) is 0 Å². The Hall–Kier alpha value is -2.91. The van der Waals surface area contributed by atoms with Gasteiger partial charge in [0, 0.05) is 25.6 Å². The average molecular weight is 329 g/mol. The van der Waals surface area contributed by atoms with Crippen LogP contribution in [0.5, 0.6) is 0 Å². The van der Waals surface area contributed by atoms with E-state index in [-0.39, 0.29) is 17.6 Å². The minimum Gasteiger partial charge on any atom is -0.368 e. The van der Waals surface area contributed by atoms with Crippen LogP contribution < -0.4 is 16.3 Å². The van der Waals surface area contributed by atoms with Crippen LogP contribution in [-0.4, -0.2) is 47.8 Å². The van der Waals surface area contributed by atoms with E-state index in [2.05, 4.69) is 35.0 Å². The highest BCUT2D eigenvalue weighted by Crippen LogP contribution is 2.30. The Morgan fingerprint density at radius 1 is 1.33 bits per heavy atom. The Kier molecular flexibility index (Phi) is 3.44. The minimum absolute atomic E-state index is 0.141. The fourth-order valence-electron chi connectivity index (χ4n) is 3.36.